The molecule has 4 atom stereocenters. The fourth-order valence-electron chi connectivity index (χ4n) is 4.47. The van der Waals surface area contributed by atoms with Crippen LogP contribution >= 0.6 is 0 Å². The van der Waals surface area contributed by atoms with E-state index in [2.05, 4.69) is 44.0 Å². The summed E-state index contributed by atoms with van der Waals surface area (Å²) in [5.74, 6) is 1.81. The Balaban J connectivity index is 1.69. The normalized spacial score (nSPS) is 31.7. The van der Waals surface area contributed by atoms with Crippen molar-refractivity contribution in [1.29, 1.82) is 0 Å². The Hall–Kier alpha value is -1.56. The van der Waals surface area contributed by atoms with Crippen LogP contribution in [-0.4, -0.2) is 50.7 Å². The summed E-state index contributed by atoms with van der Waals surface area (Å²) in [6, 6.07) is 4.21. The Labute approximate surface area is 162 Å². The number of nitrogens with zero attached hydrogens (tertiary/aromatic N) is 1. The molecule has 2 heterocycles. The summed E-state index contributed by atoms with van der Waals surface area (Å²) in [6.07, 6.45) is 6.43. The van der Waals surface area contributed by atoms with Gasteiger partial charge in [0.25, 0.3) is 0 Å². The van der Waals surface area contributed by atoms with Crippen LogP contribution in [0.2, 0.25) is 0 Å². The second-order valence-corrected chi connectivity index (χ2v) is 7.93. The maximum atomic E-state index is 6.24. The van der Waals surface area contributed by atoms with Gasteiger partial charge in [0.15, 0.2) is 17.3 Å². The summed E-state index contributed by atoms with van der Waals surface area (Å²) in [6.45, 7) is 7.57. The van der Waals surface area contributed by atoms with Crippen molar-refractivity contribution in [3.05, 3.63) is 35.4 Å². The first-order valence-corrected chi connectivity index (χ1v) is 10.1. The van der Waals surface area contributed by atoms with Crippen LogP contribution in [0.1, 0.15) is 43.7 Å². The molecule has 1 fully saturated rings. The van der Waals surface area contributed by atoms with E-state index in [-0.39, 0.29) is 6.10 Å². The van der Waals surface area contributed by atoms with E-state index >= 15 is 0 Å². The van der Waals surface area contributed by atoms with Gasteiger partial charge < -0.3 is 23.8 Å². The molecule has 0 radical (unpaired) electrons. The minimum Gasteiger partial charge on any atom is -0.493 e. The summed E-state index contributed by atoms with van der Waals surface area (Å²) in [5.41, 5.74) is 2.58. The van der Waals surface area contributed by atoms with Crippen LogP contribution in [0.4, 0.5) is 0 Å². The zero-order chi connectivity index (χ0) is 19.0. The van der Waals surface area contributed by atoms with E-state index in [0.29, 0.717) is 25.0 Å². The van der Waals surface area contributed by atoms with E-state index in [0.717, 1.165) is 37.4 Å². The number of methoxy groups -OCH3 is 1. The fraction of sp³-hybridized carbons (Fsp3) is 0.636. The van der Waals surface area contributed by atoms with E-state index < -0.39 is 5.79 Å². The lowest BCUT2D eigenvalue weighted by Gasteiger charge is -2.41. The van der Waals surface area contributed by atoms with Crippen molar-refractivity contribution in [1.82, 2.24) is 4.90 Å². The largest absolute Gasteiger partial charge is 0.493 e. The van der Waals surface area contributed by atoms with Crippen molar-refractivity contribution in [3.63, 3.8) is 0 Å². The van der Waals surface area contributed by atoms with Crippen LogP contribution in [0.5, 0.6) is 11.5 Å². The molecular weight excluding hydrogens is 342 g/mol. The number of hydrogen-bond acceptors (Lipinski definition) is 5. The standard InChI is InChI=1S/C22H31NO4/c1-5-17-14-26-22(27-17)10-9-18-16(11-22)13-25-21-19(24-4)8-7-15(20(18)21)12-23(3)6-2/h7-10,16-18H,5-6,11-14H2,1-4H3. The number of hydrogen-bond donors (Lipinski definition) is 0. The third-order valence-electron chi connectivity index (χ3n) is 6.17. The molecule has 5 nitrogen and oxygen atoms in total. The van der Waals surface area contributed by atoms with Crippen molar-refractivity contribution in [2.75, 3.05) is 33.9 Å². The number of benzene rings is 1. The predicted octanol–water partition coefficient (Wildman–Crippen LogP) is 3.72. The van der Waals surface area contributed by atoms with Crippen molar-refractivity contribution in [2.45, 2.75) is 51.0 Å². The van der Waals surface area contributed by atoms with E-state index in [9.17, 15) is 0 Å². The molecule has 0 saturated carbocycles. The van der Waals surface area contributed by atoms with E-state index in [1.54, 1.807) is 7.11 Å². The zero-order valence-corrected chi connectivity index (χ0v) is 16.9. The van der Waals surface area contributed by atoms with Gasteiger partial charge in [-0.05, 0) is 37.7 Å². The summed E-state index contributed by atoms with van der Waals surface area (Å²) >= 11 is 0. The third kappa shape index (κ3) is 3.37. The molecule has 1 aliphatic carbocycles. The van der Waals surface area contributed by atoms with E-state index in [4.69, 9.17) is 18.9 Å². The molecule has 5 heteroatoms. The van der Waals surface area contributed by atoms with Crippen molar-refractivity contribution < 1.29 is 18.9 Å². The molecule has 148 valence electrons. The molecule has 1 aromatic carbocycles. The Morgan fingerprint density at radius 2 is 2.11 bits per heavy atom. The van der Waals surface area contributed by atoms with Crippen LogP contribution in [0.25, 0.3) is 0 Å². The van der Waals surface area contributed by atoms with Gasteiger partial charge in [0.2, 0.25) is 0 Å². The van der Waals surface area contributed by atoms with Gasteiger partial charge in [-0.3, -0.25) is 0 Å². The smallest absolute Gasteiger partial charge is 0.188 e. The number of ether oxygens (including phenoxy) is 4. The van der Waals surface area contributed by atoms with Crippen LogP contribution in [0, 0.1) is 5.92 Å². The predicted molar refractivity (Wildman–Crippen MR) is 104 cm³/mol. The first kappa shape index (κ1) is 18.8. The molecule has 27 heavy (non-hydrogen) atoms. The van der Waals surface area contributed by atoms with Crippen LogP contribution < -0.4 is 9.47 Å². The molecule has 0 amide bonds. The monoisotopic (exact) mass is 373 g/mol. The number of fused-ring (bicyclic) bond motifs is 3. The van der Waals surface area contributed by atoms with Crippen LogP contribution in [0.15, 0.2) is 24.3 Å². The molecule has 4 unspecified atom stereocenters. The lowest BCUT2D eigenvalue weighted by molar-refractivity contribution is -0.150. The molecule has 1 saturated heterocycles. The Morgan fingerprint density at radius 1 is 1.26 bits per heavy atom. The highest BCUT2D eigenvalue weighted by Crippen LogP contribution is 2.51. The third-order valence-corrected chi connectivity index (χ3v) is 6.17. The maximum Gasteiger partial charge on any atom is 0.188 e. The van der Waals surface area contributed by atoms with Gasteiger partial charge in [-0.15, -0.1) is 0 Å². The van der Waals surface area contributed by atoms with E-state index in [1.165, 1.54) is 11.1 Å². The van der Waals surface area contributed by atoms with Gasteiger partial charge in [0.05, 0.1) is 26.4 Å². The van der Waals surface area contributed by atoms with Gasteiger partial charge in [-0.2, -0.15) is 0 Å². The van der Waals surface area contributed by atoms with Crippen molar-refractivity contribution in [3.8, 4) is 11.5 Å². The second kappa shape index (κ2) is 7.46. The van der Waals surface area contributed by atoms with Gasteiger partial charge in [0.1, 0.15) is 0 Å². The van der Waals surface area contributed by atoms with Crippen molar-refractivity contribution >= 4 is 0 Å². The highest BCUT2D eigenvalue weighted by molar-refractivity contribution is 5.55. The van der Waals surface area contributed by atoms with Crippen LogP contribution in [0.3, 0.4) is 0 Å². The minimum absolute atomic E-state index is 0.192. The molecule has 0 aromatic heterocycles. The minimum atomic E-state index is -0.568. The maximum absolute atomic E-state index is 6.24. The quantitative estimate of drug-likeness (QED) is 0.736. The molecule has 1 spiro atoms. The summed E-state index contributed by atoms with van der Waals surface area (Å²) in [4.78, 5) is 2.31. The Kier molecular flexibility index (Phi) is 5.19. The van der Waals surface area contributed by atoms with Gasteiger partial charge in [-0.1, -0.05) is 26.0 Å². The topological polar surface area (TPSA) is 40.2 Å². The molecule has 2 aliphatic heterocycles. The molecule has 4 rings (SSSR count). The lowest BCUT2D eigenvalue weighted by Crippen LogP contribution is -2.40. The molecule has 3 aliphatic rings. The summed E-state index contributed by atoms with van der Waals surface area (Å²) in [7, 11) is 3.86. The average molecular weight is 373 g/mol. The van der Waals surface area contributed by atoms with E-state index in [1.807, 2.05) is 6.07 Å². The second-order valence-electron chi connectivity index (χ2n) is 7.93. The number of rotatable bonds is 5. The van der Waals surface area contributed by atoms with Gasteiger partial charge >= 0.3 is 0 Å². The highest BCUT2D eigenvalue weighted by atomic mass is 16.7. The number of allylic oxidation sites excluding steroid dienone is 1. The first-order chi connectivity index (χ1) is 13.1. The average Bonchev–Trinajstić information content (AvgIpc) is 3.09. The fourth-order valence-corrected chi connectivity index (χ4v) is 4.47. The summed E-state index contributed by atoms with van der Waals surface area (Å²) in [5, 5.41) is 0. The summed E-state index contributed by atoms with van der Waals surface area (Å²) < 4.78 is 24.1. The van der Waals surface area contributed by atoms with Gasteiger partial charge in [-0.25, -0.2) is 0 Å². The first-order valence-electron chi connectivity index (χ1n) is 10.1. The van der Waals surface area contributed by atoms with Crippen molar-refractivity contribution in [2.24, 2.45) is 5.92 Å². The molecular formula is C22H31NO4. The molecule has 0 N–H and O–H groups in total. The molecule has 1 aromatic rings. The zero-order valence-electron chi connectivity index (χ0n) is 16.9. The highest BCUT2D eigenvalue weighted by Gasteiger charge is 2.47. The molecule has 0 bridgehead atoms. The Bertz CT molecular complexity index is 719. The lowest BCUT2D eigenvalue weighted by atomic mass is 9.74. The Morgan fingerprint density at radius 3 is 2.81 bits per heavy atom. The van der Waals surface area contributed by atoms with Gasteiger partial charge in [0, 0.05) is 30.4 Å². The SMILES string of the molecule is CCC1COC2(C=CC3c4c(CN(C)CC)ccc(OC)c4OCC3C2)O1. The van der Waals surface area contributed by atoms with Crippen LogP contribution in [-0.2, 0) is 16.0 Å².